The van der Waals surface area contributed by atoms with Gasteiger partial charge in [0.25, 0.3) is 0 Å². The van der Waals surface area contributed by atoms with Gasteiger partial charge in [0.2, 0.25) is 5.91 Å². The van der Waals surface area contributed by atoms with E-state index in [1.54, 1.807) is 6.20 Å². The van der Waals surface area contributed by atoms with E-state index in [1.807, 2.05) is 72.6 Å². The maximum absolute atomic E-state index is 11.8. The second-order valence-corrected chi connectivity index (χ2v) is 8.07. The maximum atomic E-state index is 11.8. The van der Waals surface area contributed by atoms with Crippen molar-refractivity contribution in [2.45, 2.75) is 6.92 Å². The van der Waals surface area contributed by atoms with E-state index in [0.717, 1.165) is 50.5 Å². The minimum absolute atomic E-state index is 0.120. The van der Waals surface area contributed by atoms with E-state index >= 15 is 0 Å². The van der Waals surface area contributed by atoms with Crippen LogP contribution in [-0.2, 0) is 4.79 Å². The number of hydrogen-bond acceptors (Lipinski definition) is 4. The Morgan fingerprint density at radius 1 is 0.824 bits per heavy atom. The zero-order valence-electron chi connectivity index (χ0n) is 19.1. The van der Waals surface area contributed by atoms with Gasteiger partial charge in [0, 0.05) is 31.1 Å². The Morgan fingerprint density at radius 3 is 2.32 bits per heavy atom. The highest BCUT2D eigenvalue weighted by molar-refractivity contribution is 6.06. The lowest BCUT2D eigenvalue weighted by atomic mass is 9.97. The summed E-state index contributed by atoms with van der Waals surface area (Å²) in [7, 11) is 1.98. The molecule has 1 N–H and O–H groups in total. The quantitative estimate of drug-likeness (QED) is 0.328. The van der Waals surface area contributed by atoms with Gasteiger partial charge in [-0.25, -0.2) is 9.97 Å². The molecule has 0 radical (unpaired) electrons. The fraction of sp³-hybridized carbons (Fsp3) is 0.0690. The summed E-state index contributed by atoms with van der Waals surface area (Å²) in [6.45, 7) is 1.51. The molecule has 5 aromatic rings. The largest absolute Gasteiger partial charge is 0.326 e. The van der Waals surface area contributed by atoms with Crippen molar-refractivity contribution in [3.63, 3.8) is 0 Å². The number of aromatic nitrogens is 2. The molecule has 5 heteroatoms. The topological polar surface area (TPSA) is 58.1 Å². The number of amides is 1. The van der Waals surface area contributed by atoms with Crippen LogP contribution in [0.25, 0.3) is 33.2 Å². The molecule has 0 aliphatic carbocycles. The first-order chi connectivity index (χ1) is 16.6. The Balaban J connectivity index is 1.80. The number of pyridine rings is 2. The SMILES string of the molecule is CC(=O)Nc1ccccc1-c1cc2cccc(-c3ccccc3)c2c(N(C)c2ccccn2)n1. The third-order valence-electron chi connectivity index (χ3n) is 5.75. The Kier molecular flexibility index (Phi) is 5.75. The number of hydrogen-bond donors (Lipinski definition) is 1. The molecule has 0 aliphatic heterocycles. The Labute approximate surface area is 198 Å². The van der Waals surface area contributed by atoms with Gasteiger partial charge >= 0.3 is 0 Å². The fourth-order valence-electron chi connectivity index (χ4n) is 4.19. The zero-order valence-corrected chi connectivity index (χ0v) is 19.1. The lowest BCUT2D eigenvalue weighted by molar-refractivity contribution is -0.114. The summed E-state index contributed by atoms with van der Waals surface area (Å²) in [5.41, 5.74) is 4.59. The molecule has 0 bridgehead atoms. The van der Waals surface area contributed by atoms with E-state index in [0.29, 0.717) is 0 Å². The van der Waals surface area contributed by atoms with Crippen LogP contribution in [0.4, 0.5) is 17.3 Å². The number of anilines is 3. The number of benzene rings is 3. The lowest BCUT2D eigenvalue weighted by Crippen LogP contribution is -2.14. The number of para-hydroxylation sites is 1. The number of nitrogens with one attached hydrogen (secondary N) is 1. The van der Waals surface area contributed by atoms with Gasteiger partial charge in [-0.15, -0.1) is 0 Å². The molecule has 2 heterocycles. The molecule has 2 aromatic heterocycles. The summed E-state index contributed by atoms with van der Waals surface area (Å²) in [5.74, 6) is 1.47. The second kappa shape index (κ2) is 9.16. The van der Waals surface area contributed by atoms with Crippen molar-refractivity contribution >= 4 is 34.0 Å². The van der Waals surface area contributed by atoms with Crippen molar-refractivity contribution in [1.29, 1.82) is 0 Å². The van der Waals surface area contributed by atoms with E-state index in [4.69, 9.17) is 4.98 Å². The van der Waals surface area contributed by atoms with Crippen molar-refractivity contribution in [2.75, 3.05) is 17.3 Å². The summed E-state index contributed by atoms with van der Waals surface area (Å²) in [4.78, 5) is 23.5. The van der Waals surface area contributed by atoms with Gasteiger partial charge in [-0.1, -0.05) is 72.8 Å². The zero-order chi connectivity index (χ0) is 23.5. The molecule has 0 aliphatic rings. The molecular formula is C29H24N4O. The molecule has 1 amide bonds. The third-order valence-corrected chi connectivity index (χ3v) is 5.75. The van der Waals surface area contributed by atoms with Gasteiger partial charge in [0.1, 0.15) is 11.6 Å². The van der Waals surface area contributed by atoms with E-state index in [1.165, 1.54) is 6.92 Å². The molecule has 0 fully saturated rings. The van der Waals surface area contributed by atoms with Crippen LogP contribution in [0.3, 0.4) is 0 Å². The number of carbonyl (C=O) groups is 1. The van der Waals surface area contributed by atoms with Crippen molar-refractivity contribution < 1.29 is 4.79 Å². The van der Waals surface area contributed by atoms with Crippen molar-refractivity contribution in [3.05, 3.63) is 103 Å². The minimum atomic E-state index is -0.120. The monoisotopic (exact) mass is 444 g/mol. The third kappa shape index (κ3) is 4.11. The van der Waals surface area contributed by atoms with Gasteiger partial charge in [0.05, 0.1) is 11.4 Å². The highest BCUT2D eigenvalue weighted by atomic mass is 16.1. The minimum Gasteiger partial charge on any atom is -0.326 e. The molecule has 0 saturated heterocycles. The highest BCUT2D eigenvalue weighted by Gasteiger charge is 2.18. The van der Waals surface area contributed by atoms with Crippen LogP contribution in [-0.4, -0.2) is 22.9 Å². The van der Waals surface area contributed by atoms with E-state index in [-0.39, 0.29) is 5.91 Å². The number of rotatable bonds is 5. The summed E-state index contributed by atoms with van der Waals surface area (Å²) in [6, 6.07) is 32.3. The standard InChI is InChI=1S/C29H24N4O/c1-20(34)31-25-16-7-6-14-24(25)26-19-22-13-10-15-23(21-11-4-3-5-12-21)28(22)29(32-26)33(2)27-17-8-9-18-30-27/h3-19H,1-2H3,(H,31,34). The molecule has 0 atom stereocenters. The molecule has 166 valence electrons. The highest BCUT2D eigenvalue weighted by Crippen LogP contribution is 2.39. The first kappa shape index (κ1) is 21.3. The Hall–Kier alpha value is -4.51. The normalized spacial score (nSPS) is 10.8. The summed E-state index contributed by atoms with van der Waals surface area (Å²) in [5, 5.41) is 5.03. The maximum Gasteiger partial charge on any atom is 0.221 e. The van der Waals surface area contributed by atoms with Crippen LogP contribution >= 0.6 is 0 Å². The van der Waals surface area contributed by atoms with Crippen LogP contribution in [0.5, 0.6) is 0 Å². The molecule has 0 spiro atoms. The first-order valence-electron chi connectivity index (χ1n) is 11.1. The molecule has 5 nitrogen and oxygen atoms in total. The van der Waals surface area contributed by atoms with Gasteiger partial charge in [-0.05, 0) is 40.8 Å². The van der Waals surface area contributed by atoms with E-state index in [9.17, 15) is 4.79 Å². The van der Waals surface area contributed by atoms with Crippen LogP contribution < -0.4 is 10.2 Å². The molecule has 0 saturated carbocycles. The van der Waals surface area contributed by atoms with Crippen LogP contribution in [0.15, 0.2) is 103 Å². The molecular weight excluding hydrogens is 420 g/mol. The van der Waals surface area contributed by atoms with Gasteiger partial charge in [-0.2, -0.15) is 0 Å². The predicted octanol–water partition coefficient (Wildman–Crippen LogP) is 6.69. The molecule has 5 rings (SSSR count). The summed E-state index contributed by atoms with van der Waals surface area (Å²) >= 11 is 0. The van der Waals surface area contributed by atoms with Crippen molar-refractivity contribution in [1.82, 2.24) is 9.97 Å². The first-order valence-corrected chi connectivity index (χ1v) is 11.1. The second-order valence-electron chi connectivity index (χ2n) is 8.07. The average molecular weight is 445 g/mol. The summed E-state index contributed by atoms with van der Waals surface area (Å²) in [6.07, 6.45) is 1.78. The van der Waals surface area contributed by atoms with Crippen molar-refractivity contribution in [2.24, 2.45) is 0 Å². The number of carbonyl (C=O) groups excluding carboxylic acids is 1. The Morgan fingerprint density at radius 2 is 1.56 bits per heavy atom. The van der Waals surface area contributed by atoms with Gasteiger partial charge < -0.3 is 10.2 Å². The predicted molar refractivity (Wildman–Crippen MR) is 139 cm³/mol. The van der Waals surface area contributed by atoms with Crippen LogP contribution in [0.2, 0.25) is 0 Å². The molecule has 3 aromatic carbocycles. The van der Waals surface area contributed by atoms with Crippen LogP contribution in [0, 0.1) is 0 Å². The van der Waals surface area contributed by atoms with Gasteiger partial charge in [-0.3, -0.25) is 4.79 Å². The van der Waals surface area contributed by atoms with Crippen LogP contribution in [0.1, 0.15) is 6.92 Å². The number of nitrogens with zero attached hydrogens (tertiary/aromatic N) is 3. The summed E-state index contributed by atoms with van der Waals surface area (Å²) < 4.78 is 0. The average Bonchev–Trinajstić information content (AvgIpc) is 2.88. The van der Waals surface area contributed by atoms with Crippen molar-refractivity contribution in [3.8, 4) is 22.4 Å². The Bertz CT molecular complexity index is 1470. The number of fused-ring (bicyclic) bond motifs is 1. The molecule has 0 unspecified atom stereocenters. The fourth-order valence-corrected chi connectivity index (χ4v) is 4.19. The van der Waals surface area contributed by atoms with E-state index < -0.39 is 0 Å². The molecule has 34 heavy (non-hydrogen) atoms. The lowest BCUT2D eigenvalue weighted by Gasteiger charge is -2.22. The smallest absolute Gasteiger partial charge is 0.221 e. The van der Waals surface area contributed by atoms with E-state index in [2.05, 4.69) is 46.7 Å². The van der Waals surface area contributed by atoms with Gasteiger partial charge in [0.15, 0.2) is 0 Å².